The Morgan fingerprint density at radius 3 is 1.17 bits per heavy atom. The van der Waals surface area contributed by atoms with Crippen LogP contribution in [0.1, 0.15) is 77.0 Å². The number of hydrogen-bond acceptors (Lipinski definition) is 4. The van der Waals surface area contributed by atoms with Gasteiger partial charge in [0.25, 0.3) is 0 Å². The van der Waals surface area contributed by atoms with Crippen LogP contribution in [0.15, 0.2) is 10.2 Å². The number of hydrazone groups is 2. The summed E-state index contributed by atoms with van der Waals surface area (Å²) in [5.74, 6) is 0. The molecule has 0 radical (unpaired) electrons. The largest absolute Gasteiger partial charge is 0.375 e. The van der Waals surface area contributed by atoms with Gasteiger partial charge in [-0.25, -0.2) is 0 Å². The molecule has 0 aromatic heterocycles. The summed E-state index contributed by atoms with van der Waals surface area (Å²) in [7, 11) is 0. The van der Waals surface area contributed by atoms with Gasteiger partial charge >= 0.3 is 0 Å². The first kappa shape index (κ1) is 20.8. The Morgan fingerprint density at radius 1 is 0.625 bits per heavy atom. The van der Waals surface area contributed by atoms with Gasteiger partial charge < -0.3 is 11.5 Å². The van der Waals surface area contributed by atoms with Crippen LogP contribution in [0.25, 0.3) is 0 Å². The number of rotatable bonds is 2. The Labute approximate surface area is 155 Å². The molecule has 0 amide bonds. The fraction of sp³-hybridized carbons (Fsp3) is 0.750. The molecular formula is C16H30N6S2. The molecule has 0 spiro atoms. The van der Waals surface area contributed by atoms with Crippen molar-refractivity contribution in [3.63, 3.8) is 0 Å². The lowest BCUT2D eigenvalue weighted by Gasteiger charge is -2.01. The third-order valence-corrected chi connectivity index (χ3v) is 4.19. The fourth-order valence-electron chi connectivity index (χ4n) is 2.77. The van der Waals surface area contributed by atoms with Crippen LogP contribution in [0.5, 0.6) is 0 Å². The minimum atomic E-state index is 0.256. The van der Waals surface area contributed by atoms with Gasteiger partial charge in [-0.05, 0) is 75.8 Å². The predicted octanol–water partition coefficient (Wildman–Crippen LogP) is 3.06. The molecule has 24 heavy (non-hydrogen) atoms. The third-order valence-electron chi connectivity index (χ3n) is 4.01. The third kappa shape index (κ3) is 11.3. The van der Waals surface area contributed by atoms with Crippen molar-refractivity contribution < 1.29 is 0 Å². The summed E-state index contributed by atoms with van der Waals surface area (Å²) in [5.41, 5.74) is 18.2. The molecule has 0 aliphatic heterocycles. The Balaban J connectivity index is 0.000000240. The molecule has 0 bridgehead atoms. The second-order valence-corrected chi connectivity index (χ2v) is 7.02. The molecule has 2 rings (SSSR count). The first-order chi connectivity index (χ1) is 11.6. The topological polar surface area (TPSA) is 101 Å². The molecule has 2 fully saturated rings. The second kappa shape index (κ2) is 13.1. The van der Waals surface area contributed by atoms with E-state index in [9.17, 15) is 0 Å². The monoisotopic (exact) mass is 370 g/mol. The Kier molecular flexibility index (Phi) is 11.3. The number of nitrogens with zero attached hydrogens (tertiary/aromatic N) is 2. The fourth-order valence-corrected chi connectivity index (χ4v) is 2.86. The van der Waals surface area contributed by atoms with Gasteiger partial charge in [-0.15, -0.1) is 0 Å². The van der Waals surface area contributed by atoms with Crippen LogP contribution in [-0.2, 0) is 0 Å². The standard InChI is InChI=1S/2C8H15N3S/c2*9-8(12)11-10-7-5-3-1-2-4-6-7/h2*1-6H2,(H3,9,11,12). The van der Waals surface area contributed by atoms with Gasteiger partial charge in [0.15, 0.2) is 10.2 Å². The molecule has 2 saturated carbocycles. The van der Waals surface area contributed by atoms with E-state index in [4.69, 9.17) is 11.5 Å². The summed E-state index contributed by atoms with van der Waals surface area (Å²) >= 11 is 9.31. The van der Waals surface area contributed by atoms with Crippen molar-refractivity contribution in [1.29, 1.82) is 0 Å². The van der Waals surface area contributed by atoms with E-state index in [1.807, 2.05) is 0 Å². The van der Waals surface area contributed by atoms with Gasteiger partial charge in [0.2, 0.25) is 0 Å². The van der Waals surface area contributed by atoms with Gasteiger partial charge in [0.1, 0.15) is 0 Å². The number of nitrogens with two attached hydrogens (primary N) is 2. The average molecular weight is 371 g/mol. The number of nitrogens with one attached hydrogen (secondary N) is 2. The van der Waals surface area contributed by atoms with Gasteiger partial charge in [-0.2, -0.15) is 10.2 Å². The van der Waals surface area contributed by atoms with Crippen molar-refractivity contribution >= 4 is 46.1 Å². The Morgan fingerprint density at radius 2 is 0.917 bits per heavy atom. The van der Waals surface area contributed by atoms with Gasteiger partial charge in [0.05, 0.1) is 0 Å². The highest BCUT2D eigenvalue weighted by atomic mass is 32.1. The molecule has 0 unspecified atom stereocenters. The number of hydrogen-bond donors (Lipinski definition) is 4. The van der Waals surface area contributed by atoms with E-state index in [0.717, 1.165) is 25.7 Å². The van der Waals surface area contributed by atoms with Crippen molar-refractivity contribution in [3.8, 4) is 0 Å². The average Bonchev–Trinajstić information content (AvgIpc) is 2.96. The van der Waals surface area contributed by atoms with Crippen LogP contribution in [0, 0.1) is 0 Å². The lowest BCUT2D eigenvalue weighted by atomic mass is 10.2. The predicted molar refractivity (Wildman–Crippen MR) is 110 cm³/mol. The molecule has 136 valence electrons. The molecule has 0 saturated heterocycles. The van der Waals surface area contributed by atoms with Gasteiger partial charge in [-0.3, -0.25) is 10.9 Å². The molecule has 0 aromatic rings. The molecule has 6 nitrogen and oxygen atoms in total. The summed E-state index contributed by atoms with van der Waals surface area (Å²) in [6.07, 6.45) is 14.7. The summed E-state index contributed by atoms with van der Waals surface area (Å²) in [4.78, 5) is 0. The van der Waals surface area contributed by atoms with Crippen LogP contribution in [0.3, 0.4) is 0 Å². The highest BCUT2D eigenvalue weighted by Crippen LogP contribution is 2.15. The highest BCUT2D eigenvalue weighted by molar-refractivity contribution is 7.80. The van der Waals surface area contributed by atoms with Crippen LogP contribution < -0.4 is 22.3 Å². The minimum absolute atomic E-state index is 0.256. The molecule has 0 aromatic carbocycles. The smallest absolute Gasteiger partial charge is 0.184 e. The molecule has 0 heterocycles. The maximum absolute atomic E-state index is 5.26. The minimum Gasteiger partial charge on any atom is -0.375 e. The molecule has 8 heteroatoms. The Bertz CT molecular complexity index is 399. The maximum Gasteiger partial charge on any atom is 0.184 e. The quantitative estimate of drug-likeness (QED) is 0.339. The van der Waals surface area contributed by atoms with Crippen molar-refractivity contribution in [3.05, 3.63) is 0 Å². The summed E-state index contributed by atoms with van der Waals surface area (Å²) < 4.78 is 0. The first-order valence-corrected chi connectivity index (χ1v) is 9.61. The summed E-state index contributed by atoms with van der Waals surface area (Å²) in [5, 5.41) is 8.80. The maximum atomic E-state index is 5.26. The van der Waals surface area contributed by atoms with E-state index in [2.05, 4.69) is 45.5 Å². The highest BCUT2D eigenvalue weighted by Gasteiger charge is 2.05. The van der Waals surface area contributed by atoms with Crippen molar-refractivity contribution in [1.82, 2.24) is 10.9 Å². The SMILES string of the molecule is NC(=S)NN=C1CCCCCC1.NC(=S)NN=C1CCCCCC1. The Hall–Kier alpha value is -1.28. The lowest BCUT2D eigenvalue weighted by molar-refractivity contribution is 0.702. The molecule has 2 aliphatic carbocycles. The van der Waals surface area contributed by atoms with Crippen LogP contribution >= 0.6 is 24.4 Å². The molecule has 0 atom stereocenters. The number of thiocarbonyl (C=S) groups is 2. The zero-order valence-electron chi connectivity index (χ0n) is 14.4. The zero-order chi connectivity index (χ0) is 17.6. The van der Waals surface area contributed by atoms with Crippen LogP contribution in [0.2, 0.25) is 0 Å². The normalized spacial score (nSPS) is 18.2. The summed E-state index contributed by atoms with van der Waals surface area (Å²) in [6, 6.07) is 0. The lowest BCUT2D eigenvalue weighted by Crippen LogP contribution is -2.25. The van der Waals surface area contributed by atoms with Crippen molar-refractivity contribution in [2.75, 3.05) is 0 Å². The van der Waals surface area contributed by atoms with Crippen molar-refractivity contribution in [2.24, 2.45) is 21.7 Å². The van der Waals surface area contributed by atoms with Crippen LogP contribution in [-0.4, -0.2) is 21.6 Å². The van der Waals surface area contributed by atoms with Crippen molar-refractivity contribution in [2.45, 2.75) is 77.0 Å². The van der Waals surface area contributed by atoms with E-state index in [1.165, 1.54) is 62.8 Å². The van der Waals surface area contributed by atoms with Gasteiger partial charge in [-0.1, -0.05) is 25.7 Å². The van der Waals surface area contributed by atoms with Gasteiger partial charge in [0, 0.05) is 11.4 Å². The second-order valence-electron chi connectivity index (χ2n) is 6.14. The zero-order valence-corrected chi connectivity index (χ0v) is 16.0. The van der Waals surface area contributed by atoms with Crippen LogP contribution in [0.4, 0.5) is 0 Å². The van der Waals surface area contributed by atoms with E-state index in [-0.39, 0.29) is 10.2 Å². The van der Waals surface area contributed by atoms with E-state index < -0.39 is 0 Å². The van der Waals surface area contributed by atoms with E-state index in [0.29, 0.717) is 0 Å². The van der Waals surface area contributed by atoms with E-state index in [1.54, 1.807) is 0 Å². The van der Waals surface area contributed by atoms with E-state index >= 15 is 0 Å². The first-order valence-electron chi connectivity index (χ1n) is 8.79. The molecular weight excluding hydrogens is 340 g/mol. The summed E-state index contributed by atoms with van der Waals surface area (Å²) in [6.45, 7) is 0. The molecule has 2 aliphatic rings. The molecule has 6 N–H and O–H groups in total.